The van der Waals surface area contributed by atoms with Crippen molar-refractivity contribution in [1.82, 2.24) is 0 Å². The van der Waals surface area contributed by atoms with Crippen LogP contribution in [-0.4, -0.2) is 51.9 Å². The molecule has 0 bridgehead atoms. The van der Waals surface area contributed by atoms with Gasteiger partial charge in [0.15, 0.2) is 0 Å². The molecule has 1 aliphatic heterocycles. The van der Waals surface area contributed by atoms with Crippen LogP contribution in [-0.2, 0) is 9.47 Å². The lowest BCUT2D eigenvalue weighted by Gasteiger charge is -2.13. The molecule has 1 rings (SSSR count). The van der Waals surface area contributed by atoms with Gasteiger partial charge < -0.3 is 14.6 Å². The molecule has 59 valence electrons. The third-order valence-corrected chi connectivity index (χ3v) is 1.93. The van der Waals surface area contributed by atoms with Gasteiger partial charge in [0.2, 0.25) is 0 Å². The summed E-state index contributed by atoms with van der Waals surface area (Å²) in [5.41, 5.74) is 0. The van der Waals surface area contributed by atoms with Crippen molar-refractivity contribution in [1.29, 1.82) is 0 Å². The molecule has 0 aromatic heterocycles. The van der Waals surface area contributed by atoms with Crippen molar-refractivity contribution in [3.63, 3.8) is 0 Å². The maximum absolute atomic E-state index is 8.82. The standard InChI is InChI=1S/C6H11B2O3/c1-10-4-2-6(8-7)11-5(4)3-9/h4-6,9H,2-3H2,1H3. The van der Waals surface area contributed by atoms with Crippen LogP contribution in [0.3, 0.4) is 0 Å². The summed E-state index contributed by atoms with van der Waals surface area (Å²) in [6.07, 6.45) is 0.493. The number of hydrogen-bond donors (Lipinski definition) is 1. The molecule has 0 aromatic rings. The van der Waals surface area contributed by atoms with Gasteiger partial charge in [0, 0.05) is 20.9 Å². The first-order valence-corrected chi connectivity index (χ1v) is 3.66. The maximum Gasteiger partial charge on any atom is 0.106 e. The quantitative estimate of drug-likeness (QED) is 0.522. The van der Waals surface area contributed by atoms with Crippen LogP contribution in [0.4, 0.5) is 0 Å². The Labute approximate surface area is 68.7 Å². The van der Waals surface area contributed by atoms with Crippen molar-refractivity contribution in [3.8, 4) is 0 Å². The molecule has 11 heavy (non-hydrogen) atoms. The minimum absolute atomic E-state index is 0.0111. The molecule has 1 N–H and O–H groups in total. The van der Waals surface area contributed by atoms with Crippen molar-refractivity contribution >= 4 is 14.9 Å². The molecular formula is C6H11B2O3. The van der Waals surface area contributed by atoms with Gasteiger partial charge in [-0.25, -0.2) is 0 Å². The Morgan fingerprint density at radius 3 is 2.91 bits per heavy atom. The van der Waals surface area contributed by atoms with E-state index in [9.17, 15) is 0 Å². The predicted molar refractivity (Wildman–Crippen MR) is 42.7 cm³/mol. The van der Waals surface area contributed by atoms with Crippen molar-refractivity contribution in [3.05, 3.63) is 0 Å². The lowest BCUT2D eigenvalue weighted by Crippen LogP contribution is -2.26. The molecule has 1 heterocycles. The Bertz CT molecular complexity index is 110. The van der Waals surface area contributed by atoms with E-state index in [1.807, 2.05) is 0 Å². The van der Waals surface area contributed by atoms with Crippen LogP contribution in [0.2, 0.25) is 0 Å². The first-order chi connectivity index (χ1) is 5.31. The van der Waals surface area contributed by atoms with E-state index >= 15 is 0 Å². The number of rotatable bonds is 3. The minimum Gasteiger partial charge on any atom is -0.394 e. The molecule has 0 aliphatic carbocycles. The van der Waals surface area contributed by atoms with Gasteiger partial charge in [0.25, 0.3) is 0 Å². The van der Waals surface area contributed by atoms with E-state index in [1.165, 1.54) is 7.17 Å². The largest absolute Gasteiger partial charge is 0.394 e. The topological polar surface area (TPSA) is 38.7 Å². The first kappa shape index (κ1) is 9.10. The highest BCUT2D eigenvalue weighted by Crippen LogP contribution is 2.21. The zero-order chi connectivity index (χ0) is 8.27. The second-order valence-electron chi connectivity index (χ2n) is 2.60. The molecule has 1 fully saturated rings. The number of aliphatic hydroxyl groups excluding tert-OH is 1. The zero-order valence-electron chi connectivity index (χ0n) is 6.56. The van der Waals surface area contributed by atoms with Gasteiger partial charge in [-0.05, 0) is 6.42 Å². The Kier molecular flexibility index (Phi) is 3.43. The maximum atomic E-state index is 8.82. The molecular weight excluding hydrogens is 142 g/mol. The van der Waals surface area contributed by atoms with Crippen molar-refractivity contribution in [2.45, 2.75) is 24.6 Å². The molecule has 0 aromatic carbocycles. The second-order valence-corrected chi connectivity index (χ2v) is 2.60. The average Bonchev–Trinajstić information content (AvgIpc) is 2.46. The smallest absolute Gasteiger partial charge is 0.106 e. The molecule has 3 nitrogen and oxygen atoms in total. The molecule has 3 unspecified atom stereocenters. The van der Waals surface area contributed by atoms with E-state index in [2.05, 4.69) is 0 Å². The van der Waals surface area contributed by atoms with Crippen molar-refractivity contribution in [2.24, 2.45) is 0 Å². The lowest BCUT2D eigenvalue weighted by molar-refractivity contribution is -0.0207. The Morgan fingerprint density at radius 2 is 2.55 bits per heavy atom. The van der Waals surface area contributed by atoms with Crippen molar-refractivity contribution < 1.29 is 14.6 Å². The van der Waals surface area contributed by atoms with Crippen molar-refractivity contribution in [2.75, 3.05) is 13.7 Å². The van der Waals surface area contributed by atoms with E-state index < -0.39 is 0 Å². The molecule has 3 atom stereocenters. The monoisotopic (exact) mass is 153 g/mol. The molecule has 0 saturated carbocycles. The summed E-state index contributed by atoms with van der Waals surface area (Å²) < 4.78 is 10.4. The first-order valence-electron chi connectivity index (χ1n) is 3.66. The van der Waals surface area contributed by atoms with Crippen LogP contribution in [0.1, 0.15) is 6.42 Å². The number of hydrogen-bond acceptors (Lipinski definition) is 3. The van der Waals surface area contributed by atoms with Crippen LogP contribution in [0.25, 0.3) is 0 Å². The number of methoxy groups -OCH3 is 1. The van der Waals surface area contributed by atoms with Gasteiger partial charge in [0.1, 0.15) is 6.10 Å². The number of ether oxygens (including phenoxy) is 2. The van der Waals surface area contributed by atoms with E-state index in [4.69, 9.17) is 22.3 Å². The Balaban J connectivity index is 2.41. The van der Waals surface area contributed by atoms with E-state index in [1.54, 1.807) is 7.11 Å². The second kappa shape index (κ2) is 4.14. The van der Waals surface area contributed by atoms with Crippen LogP contribution < -0.4 is 0 Å². The fraction of sp³-hybridized carbons (Fsp3) is 1.00. The summed E-state index contributed by atoms with van der Waals surface area (Å²) in [5.74, 6) is 0. The summed E-state index contributed by atoms with van der Waals surface area (Å²) in [7, 11) is 8.37. The van der Waals surface area contributed by atoms with Gasteiger partial charge in [-0.1, -0.05) is 0 Å². The van der Waals surface area contributed by atoms with Gasteiger partial charge in [-0.2, -0.15) is 0 Å². The normalized spacial score (nSPS) is 37.5. The Morgan fingerprint density at radius 1 is 1.82 bits per heavy atom. The highest BCUT2D eigenvalue weighted by Gasteiger charge is 2.33. The fourth-order valence-corrected chi connectivity index (χ4v) is 1.28. The van der Waals surface area contributed by atoms with Crippen LogP contribution >= 0.6 is 0 Å². The Hall–Kier alpha value is 0.00987. The van der Waals surface area contributed by atoms with Crippen LogP contribution in [0.15, 0.2) is 0 Å². The fourth-order valence-electron chi connectivity index (χ4n) is 1.28. The van der Waals surface area contributed by atoms with E-state index in [0.29, 0.717) is 0 Å². The number of aliphatic hydroxyl groups is 1. The molecule has 1 saturated heterocycles. The highest BCUT2D eigenvalue weighted by molar-refractivity contribution is 6.90. The zero-order valence-corrected chi connectivity index (χ0v) is 6.56. The third kappa shape index (κ3) is 1.98. The molecule has 1 aliphatic rings. The molecule has 0 spiro atoms. The van der Waals surface area contributed by atoms with Gasteiger partial charge in [-0.15, -0.1) is 0 Å². The third-order valence-electron chi connectivity index (χ3n) is 1.93. The summed E-state index contributed by atoms with van der Waals surface area (Å²) in [5, 5.41) is 8.82. The summed E-state index contributed by atoms with van der Waals surface area (Å²) in [4.78, 5) is 0. The summed E-state index contributed by atoms with van der Waals surface area (Å²) in [6.45, 7) is -0.0111. The van der Waals surface area contributed by atoms with E-state index in [0.717, 1.165) is 6.42 Å². The lowest BCUT2D eigenvalue weighted by atomic mass is 9.51. The van der Waals surface area contributed by atoms with Gasteiger partial charge in [-0.3, -0.25) is 0 Å². The molecule has 0 amide bonds. The van der Waals surface area contributed by atoms with Gasteiger partial charge >= 0.3 is 0 Å². The summed E-state index contributed by atoms with van der Waals surface area (Å²) >= 11 is 0. The minimum atomic E-state index is -0.218. The predicted octanol–water partition coefficient (Wildman–Crippen LogP) is -1.10. The van der Waals surface area contributed by atoms with E-state index in [-0.39, 0.29) is 24.8 Å². The van der Waals surface area contributed by atoms with Crippen LogP contribution in [0.5, 0.6) is 0 Å². The van der Waals surface area contributed by atoms with Crippen LogP contribution in [0, 0.1) is 0 Å². The van der Waals surface area contributed by atoms with Gasteiger partial charge in [0.05, 0.1) is 19.9 Å². The SMILES string of the molecule is [B][B]C1CC(OC)C(CO)O1. The molecule has 3 radical (unpaired) electrons. The summed E-state index contributed by atoms with van der Waals surface area (Å²) in [6, 6.07) is -0.0721. The highest BCUT2D eigenvalue weighted by atomic mass is 16.6. The molecule has 5 heteroatoms. The average molecular weight is 153 g/mol.